The molecule has 1 saturated heterocycles. The molecule has 3 aromatic rings. The Morgan fingerprint density at radius 3 is 2.80 bits per heavy atom. The van der Waals surface area contributed by atoms with Crippen LogP contribution in [0.25, 0.3) is 5.57 Å². The van der Waals surface area contributed by atoms with Crippen LogP contribution in [0.2, 0.25) is 5.02 Å². The van der Waals surface area contributed by atoms with Crippen molar-refractivity contribution in [2.75, 3.05) is 6.54 Å². The van der Waals surface area contributed by atoms with Crippen LogP contribution < -0.4 is 5.73 Å². The van der Waals surface area contributed by atoms with Gasteiger partial charge in [0.05, 0.1) is 6.20 Å². The molecule has 2 unspecified atom stereocenters. The number of fused-ring (bicyclic) bond motifs is 1. The minimum atomic E-state index is -2.77. The van der Waals surface area contributed by atoms with Crippen LogP contribution in [-0.2, 0) is 0 Å². The van der Waals surface area contributed by atoms with Gasteiger partial charge in [-0.25, -0.2) is 14.1 Å². The van der Waals surface area contributed by atoms with Crippen molar-refractivity contribution >= 4 is 34.3 Å². The first-order valence-corrected chi connectivity index (χ1v) is 12.6. The number of halogens is 4. The molecule has 0 amide bonds. The van der Waals surface area contributed by atoms with Gasteiger partial charge in [0.15, 0.2) is 10.8 Å². The third-order valence-corrected chi connectivity index (χ3v) is 8.48. The lowest BCUT2D eigenvalue weighted by Crippen LogP contribution is -2.41. The van der Waals surface area contributed by atoms with E-state index in [1.54, 1.807) is 12.3 Å². The lowest BCUT2D eigenvalue weighted by molar-refractivity contribution is 0.0566. The van der Waals surface area contributed by atoms with E-state index in [4.69, 9.17) is 22.3 Å². The second-order valence-corrected chi connectivity index (χ2v) is 10.6. The molecule has 2 N–H and O–H groups in total. The summed E-state index contributed by atoms with van der Waals surface area (Å²) in [6.07, 6.45) is 8.13. The highest BCUT2D eigenvalue weighted by Crippen LogP contribution is 2.55. The predicted octanol–water partition coefficient (Wildman–Crippen LogP) is 5.64. The molecule has 6 nitrogen and oxygen atoms in total. The molecule has 35 heavy (non-hydrogen) atoms. The highest BCUT2D eigenvalue weighted by Gasteiger charge is 2.52. The van der Waals surface area contributed by atoms with Gasteiger partial charge in [0.1, 0.15) is 11.9 Å². The second-order valence-electron chi connectivity index (χ2n) is 9.33. The number of amidine groups is 1. The SMILES string of the molecule is NC1CCCC12CC1=C(c3cnn(C(F)F)c3)[C@H](c3ccc(F)cc3Cl)N=C(c3nccs3)N1C2. The summed E-state index contributed by atoms with van der Waals surface area (Å²) in [6.45, 7) is -2.09. The maximum atomic E-state index is 13.9. The van der Waals surface area contributed by atoms with E-state index in [2.05, 4.69) is 15.0 Å². The Balaban J connectivity index is 1.59. The summed E-state index contributed by atoms with van der Waals surface area (Å²) in [5.74, 6) is 0.234. The number of rotatable bonds is 4. The zero-order valence-electron chi connectivity index (χ0n) is 18.5. The Morgan fingerprint density at radius 1 is 1.29 bits per heavy atom. The van der Waals surface area contributed by atoms with Crippen LogP contribution in [-0.4, -0.2) is 38.1 Å². The van der Waals surface area contributed by atoms with Crippen LogP contribution in [0.5, 0.6) is 0 Å². The van der Waals surface area contributed by atoms with Crippen molar-refractivity contribution in [1.82, 2.24) is 19.7 Å². The van der Waals surface area contributed by atoms with Crippen LogP contribution in [0, 0.1) is 11.2 Å². The van der Waals surface area contributed by atoms with E-state index in [0.717, 1.165) is 35.5 Å². The lowest BCUT2D eigenvalue weighted by atomic mass is 9.80. The van der Waals surface area contributed by atoms with Crippen molar-refractivity contribution in [2.24, 2.45) is 16.1 Å². The molecule has 0 bridgehead atoms. The third-order valence-electron chi connectivity index (χ3n) is 7.38. The Morgan fingerprint density at radius 2 is 2.14 bits per heavy atom. The van der Waals surface area contributed by atoms with Crippen LogP contribution in [0.3, 0.4) is 0 Å². The van der Waals surface area contributed by atoms with Crippen LogP contribution >= 0.6 is 22.9 Å². The molecule has 2 aliphatic heterocycles. The normalized spacial score (nSPS) is 26.2. The van der Waals surface area contributed by atoms with E-state index < -0.39 is 18.4 Å². The number of nitrogens with zero attached hydrogens (tertiary/aromatic N) is 5. The molecule has 2 fully saturated rings. The van der Waals surface area contributed by atoms with Gasteiger partial charge in [-0.3, -0.25) is 4.99 Å². The van der Waals surface area contributed by atoms with Gasteiger partial charge >= 0.3 is 6.55 Å². The first kappa shape index (κ1) is 22.8. The molecule has 3 atom stereocenters. The number of hydrogen-bond acceptors (Lipinski definition) is 6. The molecular formula is C24H22ClF3N6S. The average molecular weight is 519 g/mol. The summed E-state index contributed by atoms with van der Waals surface area (Å²) >= 11 is 7.98. The van der Waals surface area contributed by atoms with Crippen molar-refractivity contribution in [1.29, 1.82) is 0 Å². The molecule has 4 heterocycles. The Hall–Kier alpha value is -2.69. The summed E-state index contributed by atoms with van der Waals surface area (Å²) in [5, 5.41) is 6.73. The van der Waals surface area contributed by atoms with Crippen LogP contribution in [0.4, 0.5) is 13.2 Å². The number of nitrogens with two attached hydrogens (primary N) is 1. The van der Waals surface area contributed by atoms with Crippen molar-refractivity contribution in [2.45, 2.75) is 44.3 Å². The highest BCUT2D eigenvalue weighted by atomic mass is 35.5. The third kappa shape index (κ3) is 3.70. The topological polar surface area (TPSA) is 72.3 Å². The maximum Gasteiger partial charge on any atom is 0.333 e. The quantitative estimate of drug-likeness (QED) is 0.485. The van der Waals surface area contributed by atoms with E-state index in [0.29, 0.717) is 34.6 Å². The Bertz CT molecular complexity index is 1340. The molecule has 1 aliphatic carbocycles. The molecule has 2 aromatic heterocycles. The van der Waals surface area contributed by atoms with Gasteiger partial charge in [-0.1, -0.05) is 24.1 Å². The summed E-state index contributed by atoms with van der Waals surface area (Å²) in [6, 6.07) is 3.56. The Labute approximate surface area is 208 Å². The Kier molecular flexibility index (Phi) is 5.50. The molecule has 1 aromatic carbocycles. The van der Waals surface area contributed by atoms with Gasteiger partial charge in [-0.2, -0.15) is 13.9 Å². The minimum absolute atomic E-state index is 0.0241. The molecule has 1 spiro atoms. The number of aromatic nitrogens is 3. The molecular weight excluding hydrogens is 497 g/mol. The van der Waals surface area contributed by atoms with Gasteiger partial charge in [0.25, 0.3) is 0 Å². The van der Waals surface area contributed by atoms with E-state index in [1.807, 2.05) is 5.38 Å². The van der Waals surface area contributed by atoms with Gasteiger partial charge in [-0.15, -0.1) is 11.3 Å². The highest BCUT2D eigenvalue weighted by molar-refractivity contribution is 7.11. The summed E-state index contributed by atoms with van der Waals surface area (Å²) in [7, 11) is 0. The molecule has 3 aliphatic rings. The van der Waals surface area contributed by atoms with Crippen molar-refractivity contribution in [3.63, 3.8) is 0 Å². The van der Waals surface area contributed by atoms with Gasteiger partial charge in [0.2, 0.25) is 0 Å². The van der Waals surface area contributed by atoms with Crippen LogP contribution in [0.1, 0.15) is 54.4 Å². The second kappa shape index (κ2) is 8.46. The first-order chi connectivity index (χ1) is 16.9. The molecule has 0 radical (unpaired) electrons. The molecule has 182 valence electrons. The fraction of sp³-hybridized carbons (Fsp3) is 0.375. The summed E-state index contributed by atoms with van der Waals surface area (Å²) < 4.78 is 41.4. The van der Waals surface area contributed by atoms with Crippen molar-refractivity contribution in [3.05, 3.63) is 74.8 Å². The number of benzene rings is 1. The predicted molar refractivity (Wildman–Crippen MR) is 129 cm³/mol. The largest absolute Gasteiger partial charge is 0.333 e. The minimum Gasteiger partial charge on any atom is -0.327 e. The molecule has 11 heteroatoms. The standard InChI is InChI=1S/C24H22ClF3N6S/c25-16-8-14(26)3-4-15(16)20-19(13-10-31-34(11-13)23(27)28)17-9-24(5-1-2-18(24)29)12-33(17)21(32-20)22-30-6-7-35-22/h3-4,6-8,10-11,18,20,23H,1-2,5,9,12,29H2/t18?,20-,24?/m0/s1. The van der Waals surface area contributed by atoms with Crippen molar-refractivity contribution in [3.8, 4) is 0 Å². The van der Waals surface area contributed by atoms with Crippen LogP contribution in [0.15, 0.2) is 52.9 Å². The zero-order valence-corrected chi connectivity index (χ0v) is 20.1. The average Bonchev–Trinajstić information content (AvgIpc) is 3.61. The number of hydrogen-bond donors (Lipinski definition) is 1. The van der Waals surface area contributed by atoms with E-state index in [9.17, 15) is 13.2 Å². The van der Waals surface area contributed by atoms with E-state index >= 15 is 0 Å². The van der Waals surface area contributed by atoms with E-state index in [1.165, 1.54) is 35.9 Å². The number of allylic oxidation sites excluding steroid dienone is 1. The van der Waals surface area contributed by atoms with Gasteiger partial charge < -0.3 is 10.6 Å². The van der Waals surface area contributed by atoms with E-state index in [-0.39, 0.29) is 16.5 Å². The zero-order chi connectivity index (χ0) is 24.3. The van der Waals surface area contributed by atoms with Gasteiger partial charge in [-0.05, 0) is 37.0 Å². The van der Waals surface area contributed by atoms with Gasteiger partial charge in [0, 0.05) is 57.6 Å². The molecule has 6 rings (SSSR count). The number of aliphatic imine (C=N–C) groups is 1. The summed E-state index contributed by atoms with van der Waals surface area (Å²) in [5.41, 5.74) is 9.30. The molecule has 1 saturated carbocycles. The lowest BCUT2D eigenvalue weighted by Gasteiger charge is -2.33. The number of alkyl halides is 2. The summed E-state index contributed by atoms with van der Waals surface area (Å²) in [4.78, 5) is 11.7. The maximum absolute atomic E-state index is 13.9. The smallest absolute Gasteiger partial charge is 0.327 e. The van der Waals surface area contributed by atoms with Crippen molar-refractivity contribution < 1.29 is 13.2 Å². The first-order valence-electron chi connectivity index (χ1n) is 11.4. The number of thiazole rings is 1. The monoisotopic (exact) mass is 518 g/mol. The fourth-order valence-electron chi connectivity index (χ4n) is 5.70. The fourth-order valence-corrected chi connectivity index (χ4v) is 6.61.